The number of aromatic amines is 1. The molecule has 2 aromatic rings. The van der Waals surface area contributed by atoms with Gasteiger partial charge in [-0.05, 0) is 18.1 Å². The first-order chi connectivity index (χ1) is 10.7. The maximum Gasteiger partial charge on any atom is 0.407 e. The van der Waals surface area contributed by atoms with Crippen LogP contribution in [-0.4, -0.2) is 47.8 Å². The van der Waals surface area contributed by atoms with Crippen LogP contribution < -0.4 is 5.32 Å². The van der Waals surface area contributed by atoms with E-state index >= 15 is 0 Å². The molecule has 2 N–H and O–H groups in total. The van der Waals surface area contributed by atoms with Gasteiger partial charge in [0, 0.05) is 49.6 Å². The van der Waals surface area contributed by atoms with Gasteiger partial charge in [0.15, 0.2) is 0 Å². The SMILES string of the molecule is Cl.O=C1NCC2(CCN(CCc3c[nH]c4ccccc34)CC2)O1. The second kappa shape index (κ2) is 6.42. The van der Waals surface area contributed by atoms with Gasteiger partial charge in [0.2, 0.25) is 0 Å². The van der Waals surface area contributed by atoms with Gasteiger partial charge in [-0.1, -0.05) is 18.2 Å². The quantitative estimate of drug-likeness (QED) is 0.906. The fraction of sp³-hybridized carbons (Fsp3) is 0.471. The number of aromatic nitrogens is 1. The van der Waals surface area contributed by atoms with Crippen LogP contribution in [0.15, 0.2) is 30.5 Å². The Morgan fingerprint density at radius 2 is 2.00 bits per heavy atom. The molecule has 4 rings (SSSR count). The van der Waals surface area contributed by atoms with Gasteiger partial charge in [-0.2, -0.15) is 0 Å². The number of amides is 1. The standard InChI is InChI=1S/C17H21N3O2.ClH/c21-16-19-12-17(22-16)6-9-20(10-7-17)8-5-13-11-18-15-4-2-1-3-14(13)15;/h1-4,11,18H,5-10,12H2,(H,19,21);1H. The van der Waals surface area contributed by atoms with E-state index in [0.717, 1.165) is 38.9 Å². The van der Waals surface area contributed by atoms with E-state index in [0.29, 0.717) is 6.54 Å². The van der Waals surface area contributed by atoms with Crippen LogP contribution >= 0.6 is 12.4 Å². The number of hydrogen-bond donors (Lipinski definition) is 2. The summed E-state index contributed by atoms with van der Waals surface area (Å²) in [5.74, 6) is 0. The summed E-state index contributed by atoms with van der Waals surface area (Å²) in [6.45, 7) is 3.72. The van der Waals surface area contributed by atoms with Crippen LogP contribution in [0, 0.1) is 0 Å². The molecular formula is C17H22ClN3O2. The van der Waals surface area contributed by atoms with Crippen molar-refractivity contribution in [1.29, 1.82) is 0 Å². The lowest BCUT2D eigenvalue weighted by Crippen LogP contribution is -2.47. The molecule has 2 saturated heterocycles. The third kappa shape index (κ3) is 3.16. The number of para-hydroxylation sites is 1. The number of nitrogens with zero attached hydrogens (tertiary/aromatic N) is 1. The fourth-order valence-corrected chi connectivity index (χ4v) is 3.58. The number of carbonyl (C=O) groups is 1. The van der Waals surface area contributed by atoms with Crippen molar-refractivity contribution in [3.63, 3.8) is 0 Å². The molecule has 0 radical (unpaired) electrons. The molecule has 0 aliphatic carbocycles. The van der Waals surface area contributed by atoms with Crippen LogP contribution in [0.5, 0.6) is 0 Å². The summed E-state index contributed by atoms with van der Waals surface area (Å²) in [5.41, 5.74) is 2.35. The van der Waals surface area contributed by atoms with Crippen molar-refractivity contribution in [3.8, 4) is 0 Å². The van der Waals surface area contributed by atoms with Crippen LogP contribution in [0.3, 0.4) is 0 Å². The second-order valence-corrected chi connectivity index (χ2v) is 6.38. The molecule has 3 heterocycles. The minimum Gasteiger partial charge on any atom is -0.441 e. The van der Waals surface area contributed by atoms with Crippen molar-refractivity contribution in [2.24, 2.45) is 0 Å². The maximum absolute atomic E-state index is 11.3. The molecule has 0 unspecified atom stereocenters. The molecule has 1 amide bonds. The van der Waals surface area contributed by atoms with Crippen molar-refractivity contribution in [2.45, 2.75) is 24.9 Å². The molecule has 1 aromatic carbocycles. The van der Waals surface area contributed by atoms with E-state index in [2.05, 4.69) is 45.7 Å². The second-order valence-electron chi connectivity index (χ2n) is 6.38. The van der Waals surface area contributed by atoms with Gasteiger partial charge in [-0.25, -0.2) is 4.79 Å². The largest absolute Gasteiger partial charge is 0.441 e. The Morgan fingerprint density at radius 1 is 1.22 bits per heavy atom. The summed E-state index contributed by atoms with van der Waals surface area (Å²) in [7, 11) is 0. The van der Waals surface area contributed by atoms with Gasteiger partial charge in [-0.3, -0.25) is 0 Å². The smallest absolute Gasteiger partial charge is 0.407 e. The Kier molecular flexibility index (Phi) is 4.50. The highest BCUT2D eigenvalue weighted by molar-refractivity contribution is 5.85. The van der Waals surface area contributed by atoms with E-state index in [1.54, 1.807) is 0 Å². The summed E-state index contributed by atoms with van der Waals surface area (Å²) >= 11 is 0. The van der Waals surface area contributed by atoms with Gasteiger partial charge < -0.3 is 19.9 Å². The molecule has 5 nitrogen and oxygen atoms in total. The Balaban J connectivity index is 0.00000156. The fourth-order valence-electron chi connectivity index (χ4n) is 3.58. The van der Waals surface area contributed by atoms with Crippen molar-refractivity contribution in [3.05, 3.63) is 36.0 Å². The number of piperidine rings is 1. The number of ether oxygens (including phenoxy) is 1. The normalized spacial score (nSPS) is 20.3. The van der Waals surface area contributed by atoms with Crippen molar-refractivity contribution in [2.75, 3.05) is 26.2 Å². The minimum absolute atomic E-state index is 0. The minimum atomic E-state index is -0.257. The van der Waals surface area contributed by atoms with Crippen LogP contribution in [0.25, 0.3) is 10.9 Å². The van der Waals surface area contributed by atoms with Gasteiger partial charge in [0.1, 0.15) is 5.60 Å². The average Bonchev–Trinajstić information content (AvgIpc) is 3.11. The molecule has 0 bridgehead atoms. The number of H-pyrrole nitrogens is 1. The number of rotatable bonds is 3. The van der Waals surface area contributed by atoms with Crippen molar-refractivity contribution < 1.29 is 9.53 Å². The zero-order valence-electron chi connectivity index (χ0n) is 13.0. The van der Waals surface area contributed by atoms with Crippen LogP contribution in [-0.2, 0) is 11.2 Å². The summed E-state index contributed by atoms with van der Waals surface area (Å²) in [6.07, 6.45) is 4.78. The first-order valence-electron chi connectivity index (χ1n) is 7.98. The van der Waals surface area contributed by atoms with E-state index < -0.39 is 0 Å². The van der Waals surface area contributed by atoms with Crippen molar-refractivity contribution >= 4 is 29.4 Å². The number of benzene rings is 1. The van der Waals surface area contributed by atoms with Gasteiger partial charge in [0.25, 0.3) is 0 Å². The van der Waals surface area contributed by atoms with E-state index in [9.17, 15) is 4.79 Å². The molecule has 2 aliphatic rings. The Morgan fingerprint density at radius 3 is 2.74 bits per heavy atom. The molecule has 124 valence electrons. The topological polar surface area (TPSA) is 57.4 Å². The highest BCUT2D eigenvalue weighted by atomic mass is 35.5. The van der Waals surface area contributed by atoms with Crippen LogP contribution in [0.4, 0.5) is 4.79 Å². The predicted molar refractivity (Wildman–Crippen MR) is 92.1 cm³/mol. The lowest BCUT2D eigenvalue weighted by Gasteiger charge is -2.37. The zero-order chi connectivity index (χ0) is 15.0. The highest BCUT2D eigenvalue weighted by Gasteiger charge is 2.42. The molecule has 2 fully saturated rings. The molecule has 1 spiro atoms. The molecule has 23 heavy (non-hydrogen) atoms. The van der Waals surface area contributed by atoms with E-state index in [1.165, 1.54) is 16.5 Å². The van der Waals surface area contributed by atoms with E-state index in [4.69, 9.17) is 4.74 Å². The van der Waals surface area contributed by atoms with Gasteiger partial charge >= 0.3 is 6.09 Å². The number of likely N-dealkylation sites (tertiary alicyclic amines) is 1. The number of fused-ring (bicyclic) bond motifs is 1. The number of alkyl carbamates (subject to hydrolysis) is 1. The summed E-state index contributed by atoms with van der Waals surface area (Å²) in [6, 6.07) is 8.44. The lowest BCUT2D eigenvalue weighted by molar-refractivity contribution is 0.00124. The Hall–Kier alpha value is -1.72. The number of carbonyl (C=O) groups excluding carboxylic acids is 1. The third-order valence-corrected chi connectivity index (χ3v) is 5.00. The first-order valence-corrected chi connectivity index (χ1v) is 7.98. The van der Waals surface area contributed by atoms with Gasteiger partial charge in [0.05, 0.1) is 6.54 Å². The Labute approximate surface area is 141 Å². The summed E-state index contributed by atoms with van der Waals surface area (Å²) in [4.78, 5) is 17.1. The van der Waals surface area contributed by atoms with Gasteiger partial charge in [-0.15, -0.1) is 12.4 Å². The maximum atomic E-state index is 11.3. The Bertz CT molecular complexity index is 692. The highest BCUT2D eigenvalue weighted by Crippen LogP contribution is 2.29. The lowest BCUT2D eigenvalue weighted by atomic mass is 9.91. The predicted octanol–water partition coefficient (Wildman–Crippen LogP) is 2.71. The van der Waals surface area contributed by atoms with Crippen LogP contribution in [0.2, 0.25) is 0 Å². The molecule has 0 atom stereocenters. The number of nitrogens with one attached hydrogen (secondary N) is 2. The van der Waals surface area contributed by atoms with E-state index in [-0.39, 0.29) is 24.1 Å². The molecule has 6 heteroatoms. The summed E-state index contributed by atoms with van der Waals surface area (Å²) in [5, 5.41) is 4.11. The molecule has 0 saturated carbocycles. The zero-order valence-corrected chi connectivity index (χ0v) is 13.8. The monoisotopic (exact) mass is 335 g/mol. The van der Waals surface area contributed by atoms with E-state index in [1.807, 2.05) is 0 Å². The van der Waals surface area contributed by atoms with Crippen LogP contribution in [0.1, 0.15) is 18.4 Å². The number of halogens is 1. The van der Waals surface area contributed by atoms with Crippen molar-refractivity contribution in [1.82, 2.24) is 15.2 Å². The molecule has 2 aliphatic heterocycles. The summed E-state index contributed by atoms with van der Waals surface area (Å²) < 4.78 is 5.46. The average molecular weight is 336 g/mol. The first kappa shape index (κ1) is 16.1. The third-order valence-electron chi connectivity index (χ3n) is 5.00. The number of hydrogen-bond acceptors (Lipinski definition) is 3. The molecular weight excluding hydrogens is 314 g/mol. The molecule has 1 aromatic heterocycles.